The van der Waals surface area contributed by atoms with Gasteiger partial charge >= 0.3 is 0 Å². The predicted molar refractivity (Wildman–Crippen MR) is 83.8 cm³/mol. The number of rotatable bonds is 3. The van der Waals surface area contributed by atoms with Crippen molar-refractivity contribution in [2.45, 2.75) is 16.7 Å². The van der Waals surface area contributed by atoms with Gasteiger partial charge in [0.05, 0.1) is 15.7 Å². The van der Waals surface area contributed by atoms with E-state index in [9.17, 15) is 5.11 Å². The zero-order chi connectivity index (χ0) is 13.9. The molecular formula is C15H15ClN2OS. The lowest BCUT2D eigenvalue weighted by Gasteiger charge is -2.19. The molecule has 1 aliphatic heterocycles. The zero-order valence-corrected chi connectivity index (χ0v) is 12.4. The fourth-order valence-electron chi connectivity index (χ4n) is 2.38. The van der Waals surface area contributed by atoms with E-state index in [1.54, 1.807) is 24.0 Å². The van der Waals surface area contributed by atoms with E-state index >= 15 is 0 Å². The van der Waals surface area contributed by atoms with Crippen molar-refractivity contribution >= 4 is 29.1 Å². The number of hydrogen-bond acceptors (Lipinski definition) is 4. The van der Waals surface area contributed by atoms with Gasteiger partial charge in [0.1, 0.15) is 5.75 Å². The Labute approximate surface area is 127 Å². The lowest BCUT2D eigenvalue weighted by atomic mass is 10.3. The maximum Gasteiger partial charge on any atom is 0.138 e. The Morgan fingerprint density at radius 3 is 2.85 bits per heavy atom. The maximum atomic E-state index is 9.90. The first-order chi connectivity index (χ1) is 9.72. The van der Waals surface area contributed by atoms with Gasteiger partial charge in [-0.2, -0.15) is 0 Å². The van der Waals surface area contributed by atoms with E-state index in [0.717, 1.165) is 30.2 Å². The fourth-order valence-corrected chi connectivity index (χ4v) is 3.57. The number of pyridine rings is 1. The molecule has 20 heavy (non-hydrogen) atoms. The largest absolute Gasteiger partial charge is 0.506 e. The number of thioether (sulfide) groups is 1. The van der Waals surface area contributed by atoms with Gasteiger partial charge in [-0.05, 0) is 30.7 Å². The van der Waals surface area contributed by atoms with E-state index in [2.05, 4.69) is 9.88 Å². The Kier molecular flexibility index (Phi) is 4.03. The Balaban J connectivity index is 1.65. The molecular weight excluding hydrogens is 292 g/mol. The standard InChI is InChI=1S/C15H15ClN2OS/c16-11-5-6-15(17-9-11)20-12-7-8-18(10-12)13-3-1-2-4-14(13)19/h1-6,9,12,19H,7-8,10H2/t12-/m0/s1. The highest BCUT2D eigenvalue weighted by molar-refractivity contribution is 7.99. The van der Waals surface area contributed by atoms with Crippen molar-refractivity contribution in [2.75, 3.05) is 18.0 Å². The molecule has 1 saturated heterocycles. The van der Waals surface area contributed by atoms with Crippen molar-refractivity contribution in [1.82, 2.24) is 4.98 Å². The molecule has 2 heterocycles. The van der Waals surface area contributed by atoms with Gasteiger partial charge in [0, 0.05) is 24.5 Å². The molecule has 1 atom stereocenters. The summed E-state index contributed by atoms with van der Waals surface area (Å²) in [5.74, 6) is 0.350. The first kappa shape index (κ1) is 13.6. The van der Waals surface area contributed by atoms with Gasteiger partial charge in [-0.1, -0.05) is 23.7 Å². The highest BCUT2D eigenvalue weighted by atomic mass is 35.5. The minimum atomic E-state index is 0.350. The normalized spacial score (nSPS) is 18.4. The number of nitrogens with zero attached hydrogens (tertiary/aromatic N) is 2. The van der Waals surface area contributed by atoms with E-state index in [0.29, 0.717) is 16.0 Å². The molecule has 3 nitrogen and oxygen atoms in total. The Bertz CT molecular complexity index is 591. The molecule has 1 aromatic heterocycles. The minimum Gasteiger partial charge on any atom is -0.506 e. The number of phenolic OH excluding ortho intramolecular Hbond substituents is 1. The number of aromatic hydroxyl groups is 1. The molecule has 0 unspecified atom stereocenters. The number of aromatic nitrogens is 1. The zero-order valence-electron chi connectivity index (χ0n) is 10.9. The van der Waals surface area contributed by atoms with Crippen molar-refractivity contribution in [3.8, 4) is 5.75 Å². The summed E-state index contributed by atoms with van der Waals surface area (Å²) < 4.78 is 0. The van der Waals surface area contributed by atoms with Gasteiger partial charge in [0.2, 0.25) is 0 Å². The molecule has 104 valence electrons. The monoisotopic (exact) mass is 306 g/mol. The molecule has 0 amide bonds. The molecule has 0 bridgehead atoms. The van der Waals surface area contributed by atoms with Crippen LogP contribution in [-0.2, 0) is 0 Å². The third-order valence-corrected chi connectivity index (χ3v) is 4.78. The van der Waals surface area contributed by atoms with E-state index in [4.69, 9.17) is 11.6 Å². The topological polar surface area (TPSA) is 36.4 Å². The molecule has 2 aromatic rings. The Morgan fingerprint density at radius 1 is 1.25 bits per heavy atom. The van der Waals surface area contributed by atoms with E-state index in [-0.39, 0.29) is 0 Å². The Morgan fingerprint density at radius 2 is 2.10 bits per heavy atom. The molecule has 0 aliphatic carbocycles. The van der Waals surface area contributed by atoms with Crippen LogP contribution in [0.1, 0.15) is 6.42 Å². The van der Waals surface area contributed by atoms with Gasteiger partial charge in [0.15, 0.2) is 0 Å². The van der Waals surface area contributed by atoms with Crippen LogP contribution >= 0.6 is 23.4 Å². The first-order valence-electron chi connectivity index (χ1n) is 6.53. The predicted octanol–water partition coefficient (Wildman–Crippen LogP) is 3.81. The number of para-hydroxylation sites is 2. The van der Waals surface area contributed by atoms with Gasteiger partial charge in [-0.3, -0.25) is 0 Å². The highest BCUT2D eigenvalue weighted by Crippen LogP contribution is 2.34. The second-order valence-corrected chi connectivity index (χ2v) is 6.54. The van der Waals surface area contributed by atoms with Crippen LogP contribution < -0.4 is 4.90 Å². The van der Waals surface area contributed by atoms with Crippen LogP contribution in [-0.4, -0.2) is 28.4 Å². The van der Waals surface area contributed by atoms with Crippen molar-refractivity contribution in [2.24, 2.45) is 0 Å². The van der Waals surface area contributed by atoms with E-state index in [1.807, 2.05) is 30.3 Å². The number of anilines is 1. The van der Waals surface area contributed by atoms with Gasteiger partial charge < -0.3 is 10.0 Å². The lowest BCUT2D eigenvalue weighted by molar-refractivity contribution is 0.475. The summed E-state index contributed by atoms with van der Waals surface area (Å²) in [6.07, 6.45) is 2.77. The van der Waals surface area contributed by atoms with Gasteiger partial charge in [-0.25, -0.2) is 4.98 Å². The minimum absolute atomic E-state index is 0.350. The average Bonchev–Trinajstić information content (AvgIpc) is 2.90. The molecule has 1 N–H and O–H groups in total. The number of hydrogen-bond donors (Lipinski definition) is 1. The van der Waals surface area contributed by atoms with Crippen LogP contribution in [0.15, 0.2) is 47.6 Å². The van der Waals surface area contributed by atoms with Crippen molar-refractivity contribution in [3.63, 3.8) is 0 Å². The number of phenols is 1. The Hall–Kier alpha value is -1.39. The molecule has 1 aliphatic rings. The second-order valence-electron chi connectivity index (χ2n) is 4.78. The number of halogens is 1. The van der Waals surface area contributed by atoms with Crippen LogP contribution in [0.5, 0.6) is 5.75 Å². The summed E-state index contributed by atoms with van der Waals surface area (Å²) in [6.45, 7) is 1.88. The van der Waals surface area contributed by atoms with E-state index in [1.165, 1.54) is 0 Å². The van der Waals surface area contributed by atoms with Crippen LogP contribution in [0, 0.1) is 0 Å². The smallest absolute Gasteiger partial charge is 0.138 e. The van der Waals surface area contributed by atoms with Crippen LogP contribution in [0.2, 0.25) is 5.02 Å². The number of benzene rings is 1. The van der Waals surface area contributed by atoms with E-state index < -0.39 is 0 Å². The summed E-state index contributed by atoms with van der Waals surface area (Å²) in [5.41, 5.74) is 0.916. The third kappa shape index (κ3) is 3.02. The third-order valence-electron chi connectivity index (χ3n) is 3.36. The van der Waals surface area contributed by atoms with Crippen LogP contribution in [0.4, 0.5) is 5.69 Å². The maximum absolute atomic E-state index is 9.90. The van der Waals surface area contributed by atoms with Gasteiger partial charge in [-0.15, -0.1) is 11.8 Å². The van der Waals surface area contributed by atoms with Crippen molar-refractivity contribution in [3.05, 3.63) is 47.6 Å². The molecule has 0 radical (unpaired) electrons. The van der Waals surface area contributed by atoms with Crippen molar-refractivity contribution in [1.29, 1.82) is 0 Å². The fraction of sp³-hybridized carbons (Fsp3) is 0.267. The first-order valence-corrected chi connectivity index (χ1v) is 7.79. The highest BCUT2D eigenvalue weighted by Gasteiger charge is 2.25. The summed E-state index contributed by atoms with van der Waals surface area (Å²) in [6, 6.07) is 11.3. The summed E-state index contributed by atoms with van der Waals surface area (Å²) in [7, 11) is 0. The van der Waals surface area contributed by atoms with Gasteiger partial charge in [0.25, 0.3) is 0 Å². The quantitative estimate of drug-likeness (QED) is 0.935. The molecule has 3 rings (SSSR count). The summed E-state index contributed by atoms with van der Waals surface area (Å²) in [5, 5.41) is 12.1. The molecule has 1 fully saturated rings. The average molecular weight is 307 g/mol. The van der Waals surface area contributed by atoms with Crippen molar-refractivity contribution < 1.29 is 5.11 Å². The van der Waals surface area contributed by atoms with Crippen LogP contribution in [0.3, 0.4) is 0 Å². The molecule has 5 heteroatoms. The SMILES string of the molecule is Oc1ccccc1N1CC[C@H](Sc2ccc(Cl)cn2)C1. The second kappa shape index (κ2) is 5.94. The summed E-state index contributed by atoms with van der Waals surface area (Å²) >= 11 is 7.61. The van der Waals surface area contributed by atoms with Crippen LogP contribution in [0.25, 0.3) is 0 Å². The molecule has 0 spiro atoms. The molecule has 1 aromatic carbocycles. The summed E-state index contributed by atoms with van der Waals surface area (Å²) in [4.78, 5) is 6.55. The molecule has 0 saturated carbocycles. The lowest BCUT2D eigenvalue weighted by Crippen LogP contribution is -2.20.